The van der Waals surface area contributed by atoms with Crippen molar-refractivity contribution in [3.05, 3.63) is 39.9 Å². The van der Waals surface area contributed by atoms with Crippen molar-refractivity contribution in [2.45, 2.75) is 12.5 Å². The molecule has 0 aromatic heterocycles. The van der Waals surface area contributed by atoms with Crippen molar-refractivity contribution in [1.29, 1.82) is 0 Å². The summed E-state index contributed by atoms with van der Waals surface area (Å²) in [6.45, 7) is 0.670. The standard InChI is InChI=1S/C12H11N3O6/c1-12(7-2-4-8(5-3-7)15(20)21)10(18)14(6-9(16)17)11(19)13-12/h2-5H,6H2,1H3,(H,13,19)(H,16,17)/t12-/m1/s1. The summed E-state index contributed by atoms with van der Waals surface area (Å²) < 4.78 is 0. The van der Waals surface area contributed by atoms with Crippen molar-refractivity contribution in [1.82, 2.24) is 10.2 Å². The third-order valence-corrected chi connectivity index (χ3v) is 3.22. The highest BCUT2D eigenvalue weighted by Crippen LogP contribution is 2.29. The average molecular weight is 293 g/mol. The Morgan fingerprint density at radius 3 is 2.43 bits per heavy atom. The van der Waals surface area contributed by atoms with E-state index in [9.17, 15) is 24.5 Å². The number of hydrogen-bond acceptors (Lipinski definition) is 5. The molecule has 0 spiro atoms. The fraction of sp³-hybridized carbons (Fsp3) is 0.250. The van der Waals surface area contributed by atoms with Gasteiger partial charge in [0.1, 0.15) is 12.1 Å². The number of nitro groups is 1. The molecule has 1 aliphatic heterocycles. The van der Waals surface area contributed by atoms with Crippen molar-refractivity contribution in [3.8, 4) is 0 Å². The van der Waals surface area contributed by atoms with Gasteiger partial charge in [0.25, 0.3) is 11.6 Å². The fourth-order valence-electron chi connectivity index (χ4n) is 2.09. The van der Waals surface area contributed by atoms with E-state index in [0.29, 0.717) is 10.5 Å². The number of benzene rings is 1. The first-order valence-electron chi connectivity index (χ1n) is 5.86. The molecule has 2 N–H and O–H groups in total. The zero-order chi connectivity index (χ0) is 15.8. The fourth-order valence-corrected chi connectivity index (χ4v) is 2.09. The van der Waals surface area contributed by atoms with Crippen LogP contribution >= 0.6 is 0 Å². The van der Waals surface area contributed by atoms with Gasteiger partial charge in [-0.15, -0.1) is 0 Å². The molecule has 0 aliphatic carbocycles. The molecule has 1 aromatic rings. The van der Waals surface area contributed by atoms with E-state index in [1.165, 1.54) is 31.2 Å². The number of carbonyl (C=O) groups excluding carboxylic acids is 2. The molecule has 110 valence electrons. The molecular weight excluding hydrogens is 282 g/mol. The zero-order valence-corrected chi connectivity index (χ0v) is 10.9. The lowest BCUT2D eigenvalue weighted by Gasteiger charge is -2.21. The summed E-state index contributed by atoms with van der Waals surface area (Å²) in [6.07, 6.45) is 0. The van der Waals surface area contributed by atoms with Crippen molar-refractivity contribution in [2.24, 2.45) is 0 Å². The van der Waals surface area contributed by atoms with Gasteiger partial charge >= 0.3 is 12.0 Å². The van der Waals surface area contributed by atoms with E-state index in [0.717, 1.165) is 0 Å². The number of hydrogen-bond donors (Lipinski definition) is 2. The Kier molecular flexibility index (Phi) is 3.34. The number of nitrogens with zero attached hydrogens (tertiary/aromatic N) is 2. The second-order valence-corrected chi connectivity index (χ2v) is 4.64. The van der Waals surface area contributed by atoms with Gasteiger partial charge in [-0.1, -0.05) is 0 Å². The summed E-state index contributed by atoms with van der Waals surface area (Å²) in [5.74, 6) is -2.03. The van der Waals surface area contributed by atoms with Gasteiger partial charge in [0.15, 0.2) is 0 Å². The highest BCUT2D eigenvalue weighted by molar-refractivity contribution is 6.08. The normalized spacial score (nSPS) is 21.3. The molecule has 0 radical (unpaired) electrons. The molecular formula is C12H11N3O6. The number of nitrogens with one attached hydrogen (secondary N) is 1. The summed E-state index contributed by atoms with van der Waals surface area (Å²) in [6, 6.07) is 4.30. The lowest BCUT2D eigenvalue weighted by atomic mass is 9.92. The van der Waals surface area contributed by atoms with Crippen LogP contribution in [-0.2, 0) is 15.1 Å². The molecule has 0 bridgehead atoms. The van der Waals surface area contributed by atoms with Crippen LogP contribution in [0.25, 0.3) is 0 Å². The SMILES string of the molecule is C[C@]1(c2ccc([N+](=O)[O-])cc2)NC(=O)N(CC(=O)O)C1=O. The minimum Gasteiger partial charge on any atom is -0.480 e. The summed E-state index contributed by atoms with van der Waals surface area (Å²) in [4.78, 5) is 45.2. The van der Waals surface area contributed by atoms with Crippen molar-refractivity contribution in [3.63, 3.8) is 0 Å². The van der Waals surface area contributed by atoms with E-state index in [1.807, 2.05) is 0 Å². The topological polar surface area (TPSA) is 130 Å². The molecule has 1 fully saturated rings. The number of urea groups is 1. The van der Waals surface area contributed by atoms with Crippen LogP contribution < -0.4 is 5.32 Å². The quantitative estimate of drug-likeness (QED) is 0.471. The summed E-state index contributed by atoms with van der Waals surface area (Å²) in [7, 11) is 0. The Labute approximate surface area is 118 Å². The molecule has 21 heavy (non-hydrogen) atoms. The molecule has 1 heterocycles. The zero-order valence-electron chi connectivity index (χ0n) is 10.9. The van der Waals surface area contributed by atoms with E-state index in [1.54, 1.807) is 0 Å². The predicted molar refractivity (Wildman–Crippen MR) is 68.3 cm³/mol. The predicted octanol–water partition coefficient (Wildman–Crippen LogP) is 0.446. The Balaban J connectivity index is 2.34. The molecule has 1 saturated heterocycles. The first-order chi connectivity index (χ1) is 9.75. The molecule has 3 amide bonds. The number of imide groups is 1. The third-order valence-electron chi connectivity index (χ3n) is 3.22. The van der Waals surface area contributed by atoms with Gasteiger partial charge in [0.2, 0.25) is 0 Å². The first kappa shape index (κ1) is 14.4. The molecule has 9 nitrogen and oxygen atoms in total. The van der Waals surface area contributed by atoms with E-state index in [4.69, 9.17) is 5.11 Å². The maximum absolute atomic E-state index is 12.2. The second-order valence-electron chi connectivity index (χ2n) is 4.64. The van der Waals surface area contributed by atoms with E-state index in [-0.39, 0.29) is 5.69 Å². The second kappa shape index (κ2) is 4.85. The van der Waals surface area contributed by atoms with Crippen LogP contribution in [0.15, 0.2) is 24.3 Å². The van der Waals surface area contributed by atoms with Crippen molar-refractivity contribution < 1.29 is 24.4 Å². The number of rotatable bonds is 4. The minimum absolute atomic E-state index is 0.151. The van der Waals surface area contributed by atoms with Crippen LogP contribution in [0, 0.1) is 10.1 Å². The van der Waals surface area contributed by atoms with Crippen LogP contribution in [0.4, 0.5) is 10.5 Å². The Morgan fingerprint density at radius 2 is 1.95 bits per heavy atom. The van der Waals surface area contributed by atoms with E-state index < -0.39 is 34.9 Å². The van der Waals surface area contributed by atoms with Crippen molar-refractivity contribution in [2.75, 3.05) is 6.54 Å². The van der Waals surface area contributed by atoms with Crippen LogP contribution in [0.2, 0.25) is 0 Å². The third kappa shape index (κ3) is 2.40. The molecule has 1 aromatic carbocycles. The lowest BCUT2D eigenvalue weighted by Crippen LogP contribution is -2.41. The number of non-ortho nitro benzene ring substituents is 1. The maximum atomic E-state index is 12.2. The van der Waals surface area contributed by atoms with Gasteiger partial charge in [0, 0.05) is 12.1 Å². The number of carboxylic acids is 1. The minimum atomic E-state index is -1.44. The number of carboxylic acid groups (broad SMARTS) is 1. The van der Waals surface area contributed by atoms with Gasteiger partial charge < -0.3 is 10.4 Å². The first-order valence-corrected chi connectivity index (χ1v) is 5.86. The number of nitro benzene ring substituents is 1. The van der Waals surface area contributed by atoms with E-state index in [2.05, 4.69) is 5.32 Å². The van der Waals surface area contributed by atoms with Crippen molar-refractivity contribution >= 4 is 23.6 Å². The van der Waals surface area contributed by atoms with Gasteiger partial charge in [0.05, 0.1) is 4.92 Å². The summed E-state index contributed by atoms with van der Waals surface area (Å²) >= 11 is 0. The molecule has 9 heteroatoms. The number of aliphatic carboxylic acids is 1. The summed E-state index contributed by atoms with van der Waals surface area (Å²) in [5, 5.41) is 21.7. The highest BCUT2D eigenvalue weighted by atomic mass is 16.6. The Bertz CT molecular complexity index is 641. The molecule has 1 atom stereocenters. The monoisotopic (exact) mass is 293 g/mol. The Hall–Kier alpha value is -2.97. The van der Waals surface area contributed by atoms with Gasteiger partial charge in [-0.05, 0) is 24.6 Å². The van der Waals surface area contributed by atoms with Crippen LogP contribution in [0.1, 0.15) is 12.5 Å². The average Bonchev–Trinajstić information content (AvgIpc) is 2.63. The molecule has 0 saturated carbocycles. The summed E-state index contributed by atoms with van der Waals surface area (Å²) in [5.41, 5.74) is -1.26. The largest absolute Gasteiger partial charge is 0.480 e. The van der Waals surface area contributed by atoms with E-state index >= 15 is 0 Å². The van der Waals surface area contributed by atoms with Crippen LogP contribution in [0.3, 0.4) is 0 Å². The molecule has 2 rings (SSSR count). The maximum Gasteiger partial charge on any atom is 0.325 e. The lowest BCUT2D eigenvalue weighted by molar-refractivity contribution is -0.384. The number of carbonyl (C=O) groups is 3. The van der Waals surface area contributed by atoms with Gasteiger partial charge in [-0.25, -0.2) is 4.79 Å². The van der Waals surface area contributed by atoms with Crippen LogP contribution in [0.5, 0.6) is 0 Å². The molecule has 0 unspecified atom stereocenters. The highest BCUT2D eigenvalue weighted by Gasteiger charge is 2.49. The number of amides is 3. The van der Waals surface area contributed by atoms with Gasteiger partial charge in [-0.3, -0.25) is 24.6 Å². The van der Waals surface area contributed by atoms with Crippen LogP contribution in [-0.4, -0.2) is 39.4 Å². The molecule has 1 aliphatic rings. The smallest absolute Gasteiger partial charge is 0.325 e. The Morgan fingerprint density at radius 1 is 1.38 bits per heavy atom. The van der Waals surface area contributed by atoms with Gasteiger partial charge in [-0.2, -0.15) is 0 Å².